The number of aromatic nitrogens is 2. The zero-order valence-electron chi connectivity index (χ0n) is 13.8. The first-order chi connectivity index (χ1) is 12.1. The van der Waals surface area contributed by atoms with E-state index in [-0.39, 0.29) is 17.5 Å². The van der Waals surface area contributed by atoms with Gasteiger partial charge in [0, 0.05) is 24.5 Å². The Labute approximate surface area is 149 Å². The van der Waals surface area contributed by atoms with E-state index in [2.05, 4.69) is 16.5 Å². The summed E-state index contributed by atoms with van der Waals surface area (Å²) in [7, 11) is 1.56. The van der Waals surface area contributed by atoms with Crippen molar-refractivity contribution in [2.24, 2.45) is 7.05 Å². The van der Waals surface area contributed by atoms with Crippen LogP contribution in [0.5, 0.6) is 0 Å². The van der Waals surface area contributed by atoms with Crippen molar-refractivity contribution in [3.8, 4) is 0 Å². The molecule has 1 aromatic carbocycles. The number of aryl methyl sites for hydroxylation is 1. The van der Waals surface area contributed by atoms with Crippen molar-refractivity contribution in [1.29, 1.82) is 0 Å². The molecular formula is C19H17N3O2S. The molecule has 0 saturated heterocycles. The lowest BCUT2D eigenvalue weighted by Crippen LogP contribution is -2.41. The lowest BCUT2D eigenvalue weighted by molar-refractivity contribution is 0.0687. The van der Waals surface area contributed by atoms with Gasteiger partial charge < -0.3 is 4.90 Å². The van der Waals surface area contributed by atoms with Crippen molar-refractivity contribution in [3.05, 3.63) is 86.0 Å². The van der Waals surface area contributed by atoms with Gasteiger partial charge in [0.05, 0.1) is 6.04 Å². The van der Waals surface area contributed by atoms with Crippen LogP contribution in [-0.2, 0) is 13.5 Å². The third-order valence-corrected chi connectivity index (χ3v) is 5.52. The molecule has 1 aliphatic heterocycles. The van der Waals surface area contributed by atoms with Crippen molar-refractivity contribution < 1.29 is 4.79 Å². The van der Waals surface area contributed by atoms with E-state index in [1.165, 1.54) is 27.3 Å². The number of carbonyl (C=O) groups is 1. The highest BCUT2D eigenvalue weighted by Gasteiger charge is 2.33. The number of hydrogen-bond donors (Lipinski definition) is 0. The molecule has 1 unspecified atom stereocenters. The predicted octanol–water partition coefficient (Wildman–Crippen LogP) is 2.63. The van der Waals surface area contributed by atoms with Crippen LogP contribution in [0, 0.1) is 0 Å². The second-order valence-corrected chi connectivity index (χ2v) is 7.04. The van der Waals surface area contributed by atoms with E-state index in [0.29, 0.717) is 12.2 Å². The maximum absolute atomic E-state index is 13.1. The van der Waals surface area contributed by atoms with Crippen LogP contribution in [-0.4, -0.2) is 27.1 Å². The second-order valence-electron chi connectivity index (χ2n) is 6.04. The second kappa shape index (κ2) is 6.29. The molecule has 25 heavy (non-hydrogen) atoms. The Hall–Kier alpha value is -2.73. The lowest BCUT2D eigenvalue weighted by Gasteiger charge is -2.36. The van der Waals surface area contributed by atoms with Gasteiger partial charge in [-0.3, -0.25) is 9.59 Å². The highest BCUT2D eigenvalue weighted by molar-refractivity contribution is 7.10. The van der Waals surface area contributed by atoms with Gasteiger partial charge in [0.25, 0.3) is 11.5 Å². The number of nitrogens with zero attached hydrogens (tertiary/aromatic N) is 3. The van der Waals surface area contributed by atoms with Crippen molar-refractivity contribution in [2.75, 3.05) is 6.54 Å². The molecule has 0 bridgehead atoms. The molecule has 0 aliphatic carbocycles. The fraction of sp³-hybridized carbons (Fsp3) is 0.211. The van der Waals surface area contributed by atoms with Crippen LogP contribution in [0.25, 0.3) is 0 Å². The van der Waals surface area contributed by atoms with Crippen molar-refractivity contribution in [1.82, 2.24) is 14.7 Å². The maximum atomic E-state index is 13.1. The predicted molar refractivity (Wildman–Crippen MR) is 96.8 cm³/mol. The number of benzene rings is 1. The quantitative estimate of drug-likeness (QED) is 0.713. The van der Waals surface area contributed by atoms with Crippen LogP contribution in [0.4, 0.5) is 0 Å². The van der Waals surface area contributed by atoms with E-state index in [1.807, 2.05) is 35.2 Å². The molecule has 0 spiro atoms. The molecule has 3 heterocycles. The summed E-state index contributed by atoms with van der Waals surface area (Å²) in [5.74, 6) is -0.152. The fourth-order valence-corrected chi connectivity index (χ4v) is 4.20. The van der Waals surface area contributed by atoms with Crippen LogP contribution in [0.2, 0.25) is 0 Å². The monoisotopic (exact) mass is 351 g/mol. The molecule has 4 rings (SSSR count). The summed E-state index contributed by atoms with van der Waals surface area (Å²) in [6.45, 7) is 0.635. The lowest BCUT2D eigenvalue weighted by atomic mass is 9.93. The zero-order valence-corrected chi connectivity index (χ0v) is 14.6. The molecule has 0 saturated carbocycles. The van der Waals surface area contributed by atoms with Crippen molar-refractivity contribution in [3.63, 3.8) is 0 Å². The molecule has 2 aromatic heterocycles. The molecule has 6 heteroatoms. The summed E-state index contributed by atoms with van der Waals surface area (Å²) in [5, 5.41) is 6.22. The third kappa shape index (κ3) is 2.78. The first-order valence-corrected chi connectivity index (χ1v) is 8.99. The Morgan fingerprint density at radius 1 is 1.16 bits per heavy atom. The number of thiophene rings is 1. The summed E-state index contributed by atoms with van der Waals surface area (Å²) >= 11 is 1.74. The minimum atomic E-state index is -0.227. The highest BCUT2D eigenvalue weighted by atomic mass is 32.1. The van der Waals surface area contributed by atoms with Crippen LogP contribution < -0.4 is 5.56 Å². The molecule has 5 nitrogen and oxygen atoms in total. The van der Waals surface area contributed by atoms with Gasteiger partial charge in [0.15, 0.2) is 0 Å². The number of carbonyl (C=O) groups excluding carboxylic acids is 1. The van der Waals surface area contributed by atoms with Gasteiger partial charge in [-0.25, -0.2) is 4.68 Å². The normalized spacial score (nSPS) is 16.5. The molecule has 1 aliphatic rings. The summed E-state index contributed by atoms with van der Waals surface area (Å²) in [4.78, 5) is 27.9. The summed E-state index contributed by atoms with van der Waals surface area (Å²) in [6.07, 6.45) is 0.841. The number of amides is 1. The Morgan fingerprint density at radius 3 is 2.72 bits per heavy atom. The molecular weight excluding hydrogens is 334 g/mol. The van der Waals surface area contributed by atoms with E-state index >= 15 is 0 Å². The van der Waals surface area contributed by atoms with Gasteiger partial charge in [-0.15, -0.1) is 11.3 Å². The summed E-state index contributed by atoms with van der Waals surface area (Å²) in [6, 6.07) is 14.9. The first-order valence-electron chi connectivity index (χ1n) is 8.11. The van der Waals surface area contributed by atoms with Crippen LogP contribution in [0.15, 0.2) is 58.7 Å². The number of rotatable bonds is 2. The average Bonchev–Trinajstić information content (AvgIpc) is 3.12. The van der Waals surface area contributed by atoms with Gasteiger partial charge in [-0.2, -0.15) is 5.10 Å². The fourth-order valence-electron chi connectivity index (χ4n) is 3.29. The molecule has 3 aromatic rings. The van der Waals surface area contributed by atoms with E-state index in [4.69, 9.17) is 0 Å². The van der Waals surface area contributed by atoms with E-state index in [1.54, 1.807) is 18.4 Å². The number of hydrogen-bond acceptors (Lipinski definition) is 4. The van der Waals surface area contributed by atoms with Gasteiger partial charge in [0.1, 0.15) is 5.69 Å². The van der Waals surface area contributed by atoms with E-state index in [9.17, 15) is 9.59 Å². The Bertz CT molecular complexity index is 978. The SMILES string of the molecule is Cn1nc(C(=O)N2CCc3sccc3C2c2ccccc2)ccc1=O. The maximum Gasteiger partial charge on any atom is 0.275 e. The largest absolute Gasteiger partial charge is 0.326 e. The minimum absolute atomic E-state index is 0.122. The van der Waals surface area contributed by atoms with Gasteiger partial charge >= 0.3 is 0 Å². The van der Waals surface area contributed by atoms with Gasteiger partial charge in [-0.05, 0) is 35.1 Å². The van der Waals surface area contributed by atoms with Gasteiger partial charge in [-0.1, -0.05) is 30.3 Å². The molecule has 0 radical (unpaired) electrons. The zero-order chi connectivity index (χ0) is 17.4. The minimum Gasteiger partial charge on any atom is -0.326 e. The standard InChI is InChI=1S/C19H17N3O2S/c1-21-17(23)8-7-15(20-21)19(24)22-11-9-16-14(10-12-25-16)18(22)13-5-3-2-4-6-13/h2-8,10,12,18H,9,11H2,1H3. The number of fused-ring (bicyclic) bond motifs is 1. The van der Waals surface area contributed by atoms with Crippen LogP contribution in [0.1, 0.15) is 32.5 Å². The van der Waals surface area contributed by atoms with Crippen LogP contribution >= 0.6 is 11.3 Å². The Kier molecular flexibility index (Phi) is 3.97. The van der Waals surface area contributed by atoms with Crippen molar-refractivity contribution in [2.45, 2.75) is 12.5 Å². The molecule has 1 amide bonds. The van der Waals surface area contributed by atoms with Crippen molar-refractivity contribution >= 4 is 17.2 Å². The topological polar surface area (TPSA) is 55.2 Å². The Morgan fingerprint density at radius 2 is 1.96 bits per heavy atom. The summed E-state index contributed by atoms with van der Waals surface area (Å²) in [5.41, 5.74) is 2.33. The highest BCUT2D eigenvalue weighted by Crippen LogP contribution is 2.38. The van der Waals surface area contributed by atoms with E-state index in [0.717, 1.165) is 12.0 Å². The van der Waals surface area contributed by atoms with Gasteiger partial charge in [0.2, 0.25) is 0 Å². The average molecular weight is 351 g/mol. The summed E-state index contributed by atoms with van der Waals surface area (Å²) < 4.78 is 1.20. The molecule has 0 N–H and O–H groups in total. The Balaban J connectivity index is 1.78. The smallest absolute Gasteiger partial charge is 0.275 e. The molecule has 0 fully saturated rings. The first kappa shape index (κ1) is 15.8. The molecule has 126 valence electrons. The third-order valence-electron chi connectivity index (χ3n) is 4.52. The van der Waals surface area contributed by atoms with Crippen LogP contribution in [0.3, 0.4) is 0 Å². The molecule has 1 atom stereocenters. The van der Waals surface area contributed by atoms with E-state index < -0.39 is 0 Å².